The van der Waals surface area contributed by atoms with E-state index in [-0.39, 0.29) is 6.54 Å². The van der Waals surface area contributed by atoms with E-state index in [0.717, 1.165) is 0 Å². The first kappa shape index (κ1) is 18.4. The molecule has 0 saturated carbocycles. The molecule has 0 radical (unpaired) electrons. The van der Waals surface area contributed by atoms with Crippen LogP contribution < -0.4 is 4.74 Å². The summed E-state index contributed by atoms with van der Waals surface area (Å²) in [6.45, 7) is 9.10. The summed E-state index contributed by atoms with van der Waals surface area (Å²) in [5.41, 5.74) is 9.41. The highest BCUT2D eigenvalue weighted by atomic mass is 32.2. The molecular weight excluding hydrogens is 331 g/mol. The lowest BCUT2D eigenvalue weighted by Crippen LogP contribution is -2.33. The van der Waals surface area contributed by atoms with Crippen molar-refractivity contribution < 1.29 is 13.3 Å². The van der Waals surface area contributed by atoms with Crippen LogP contribution in [-0.4, -0.2) is 26.8 Å². The third-order valence-corrected chi connectivity index (χ3v) is 5.13. The van der Waals surface area contributed by atoms with Gasteiger partial charge < -0.3 is 4.74 Å². The molecule has 1 aliphatic heterocycles. The fourth-order valence-corrected chi connectivity index (χ4v) is 3.06. The number of ether oxygens (including phenoxy) is 1. The van der Waals surface area contributed by atoms with Crippen molar-refractivity contribution in [1.29, 1.82) is 0 Å². The fraction of sp³-hybridized carbons (Fsp3) is 0.562. The van der Waals surface area contributed by atoms with Gasteiger partial charge in [0, 0.05) is 22.5 Å². The standard InChI is InChI=1S/C16H21FN4O2S/c1-10(20-24(22)15(2,3)4)13-7-12(17)6-11-8-16(5,9-19-21-18)23-14(11)13/h6-7H,8-9H2,1-5H3/b20-10+/t16?,24-/m1/s1. The van der Waals surface area contributed by atoms with Crippen molar-refractivity contribution in [2.75, 3.05) is 6.54 Å². The van der Waals surface area contributed by atoms with Gasteiger partial charge in [-0.25, -0.2) is 8.60 Å². The van der Waals surface area contributed by atoms with E-state index in [4.69, 9.17) is 10.3 Å². The quantitative estimate of drug-likeness (QED) is 0.353. The third kappa shape index (κ3) is 3.94. The summed E-state index contributed by atoms with van der Waals surface area (Å²) in [5, 5.41) is 3.57. The van der Waals surface area contributed by atoms with Gasteiger partial charge in [-0.3, -0.25) is 0 Å². The maximum atomic E-state index is 14.0. The minimum atomic E-state index is -1.45. The molecule has 0 aliphatic carbocycles. The average molecular weight is 352 g/mol. The smallest absolute Gasteiger partial charge is 0.145 e. The Hall–Kier alpha value is -1.92. The zero-order valence-corrected chi connectivity index (χ0v) is 15.3. The predicted molar refractivity (Wildman–Crippen MR) is 93.3 cm³/mol. The Kier molecular flexibility index (Phi) is 5.01. The summed E-state index contributed by atoms with van der Waals surface area (Å²) in [5.74, 6) is 0.107. The number of azide groups is 1. The monoisotopic (exact) mass is 352 g/mol. The van der Waals surface area contributed by atoms with Crippen LogP contribution in [0.3, 0.4) is 0 Å². The van der Waals surface area contributed by atoms with Gasteiger partial charge in [0.15, 0.2) is 0 Å². The van der Waals surface area contributed by atoms with Crippen molar-refractivity contribution in [3.05, 3.63) is 39.5 Å². The molecule has 0 amide bonds. The van der Waals surface area contributed by atoms with Crippen LogP contribution in [0.15, 0.2) is 21.6 Å². The van der Waals surface area contributed by atoms with Gasteiger partial charge >= 0.3 is 0 Å². The summed E-state index contributed by atoms with van der Waals surface area (Å²) >= 11 is 0. The van der Waals surface area contributed by atoms with Gasteiger partial charge in [0.1, 0.15) is 28.2 Å². The zero-order valence-electron chi connectivity index (χ0n) is 14.5. The van der Waals surface area contributed by atoms with Crippen LogP contribution in [-0.2, 0) is 17.4 Å². The van der Waals surface area contributed by atoms with Crippen LogP contribution in [0.25, 0.3) is 10.4 Å². The lowest BCUT2D eigenvalue weighted by Gasteiger charge is -2.22. The van der Waals surface area contributed by atoms with Gasteiger partial charge in [0.2, 0.25) is 0 Å². The molecule has 0 N–H and O–H groups in total. The van der Waals surface area contributed by atoms with Crippen LogP contribution in [0.2, 0.25) is 0 Å². The van der Waals surface area contributed by atoms with E-state index in [0.29, 0.717) is 29.0 Å². The van der Waals surface area contributed by atoms with Crippen molar-refractivity contribution >= 4 is 16.7 Å². The molecule has 1 aromatic carbocycles. The third-order valence-electron chi connectivity index (χ3n) is 3.65. The van der Waals surface area contributed by atoms with Crippen LogP contribution in [0, 0.1) is 5.82 Å². The molecule has 6 nitrogen and oxygen atoms in total. The van der Waals surface area contributed by atoms with Crippen molar-refractivity contribution in [3.63, 3.8) is 0 Å². The van der Waals surface area contributed by atoms with Crippen LogP contribution in [0.5, 0.6) is 5.75 Å². The molecule has 2 atom stereocenters. The summed E-state index contributed by atoms with van der Waals surface area (Å²) in [4.78, 5) is 2.76. The van der Waals surface area contributed by atoms with Crippen LogP contribution >= 0.6 is 0 Å². The van der Waals surface area contributed by atoms with Crippen molar-refractivity contribution in [2.45, 2.75) is 51.4 Å². The highest BCUT2D eigenvalue weighted by Crippen LogP contribution is 2.39. The van der Waals surface area contributed by atoms with Gasteiger partial charge in [-0.15, -0.1) is 0 Å². The number of hydrogen-bond donors (Lipinski definition) is 0. The molecule has 24 heavy (non-hydrogen) atoms. The van der Waals surface area contributed by atoms with E-state index in [1.165, 1.54) is 12.1 Å². The minimum Gasteiger partial charge on any atom is -0.486 e. The number of halogens is 1. The Morgan fingerprint density at radius 1 is 1.50 bits per heavy atom. The molecular formula is C16H21FN4O2S. The first-order valence-electron chi connectivity index (χ1n) is 7.56. The lowest BCUT2D eigenvalue weighted by atomic mass is 9.98. The van der Waals surface area contributed by atoms with E-state index >= 15 is 0 Å². The summed E-state index contributed by atoms with van der Waals surface area (Å²) < 4.78 is 35.9. The maximum Gasteiger partial charge on any atom is 0.145 e. The maximum absolute atomic E-state index is 14.0. The first-order valence-corrected chi connectivity index (χ1v) is 8.66. The number of rotatable bonds is 4. The van der Waals surface area contributed by atoms with Gasteiger partial charge in [-0.05, 0) is 52.3 Å². The molecule has 8 heteroatoms. The molecule has 1 aliphatic rings. The van der Waals surface area contributed by atoms with E-state index in [1.54, 1.807) is 6.92 Å². The minimum absolute atomic E-state index is 0.142. The van der Waals surface area contributed by atoms with E-state index < -0.39 is 27.2 Å². The topological polar surface area (TPSA) is 87.4 Å². The summed E-state index contributed by atoms with van der Waals surface area (Å²) in [6.07, 6.45) is 0.432. The molecule has 1 heterocycles. The molecule has 1 aromatic rings. The number of fused-ring (bicyclic) bond motifs is 1. The Balaban J connectivity index is 2.44. The Bertz CT molecular complexity index is 766. The molecule has 0 bridgehead atoms. The molecule has 0 spiro atoms. The molecule has 0 saturated heterocycles. The normalized spacial score (nSPS) is 21.7. The Morgan fingerprint density at radius 3 is 2.75 bits per heavy atom. The second-order valence-corrected chi connectivity index (χ2v) is 9.00. The lowest BCUT2D eigenvalue weighted by molar-refractivity contribution is 0.125. The van der Waals surface area contributed by atoms with Crippen LogP contribution in [0.4, 0.5) is 4.39 Å². The molecule has 130 valence electrons. The fourth-order valence-electron chi connectivity index (χ4n) is 2.44. The van der Waals surface area contributed by atoms with Crippen LogP contribution in [0.1, 0.15) is 45.7 Å². The highest BCUT2D eigenvalue weighted by molar-refractivity contribution is 7.85. The largest absolute Gasteiger partial charge is 0.486 e. The summed E-state index contributed by atoms with van der Waals surface area (Å²) in [7, 11) is -1.45. The molecule has 0 fully saturated rings. The van der Waals surface area contributed by atoms with Crippen molar-refractivity contribution in [2.24, 2.45) is 9.51 Å². The Morgan fingerprint density at radius 2 is 2.17 bits per heavy atom. The van der Waals surface area contributed by atoms with E-state index in [9.17, 15) is 8.60 Å². The second kappa shape index (κ2) is 6.53. The molecule has 0 aromatic heterocycles. The van der Waals surface area contributed by atoms with E-state index in [1.807, 2.05) is 27.7 Å². The number of nitrogens with zero attached hydrogens (tertiary/aromatic N) is 4. The average Bonchev–Trinajstić information content (AvgIpc) is 2.79. The zero-order chi connectivity index (χ0) is 18.1. The van der Waals surface area contributed by atoms with E-state index in [2.05, 4.69) is 14.4 Å². The highest BCUT2D eigenvalue weighted by Gasteiger charge is 2.36. The van der Waals surface area contributed by atoms with Gasteiger partial charge in [-0.1, -0.05) is 5.11 Å². The van der Waals surface area contributed by atoms with Gasteiger partial charge in [0.25, 0.3) is 0 Å². The number of hydrogen-bond acceptors (Lipinski definition) is 3. The Labute approximate surface area is 143 Å². The summed E-state index contributed by atoms with van der Waals surface area (Å²) in [6, 6.07) is 2.74. The molecule has 2 rings (SSSR count). The van der Waals surface area contributed by atoms with Crippen molar-refractivity contribution in [1.82, 2.24) is 0 Å². The second-order valence-electron chi connectivity index (χ2n) is 7.10. The SMILES string of the molecule is C/C(=N\[S@](=O)C(C)(C)C)c1cc(F)cc2c1OC(C)(CN=[N+]=[N-])C2. The van der Waals surface area contributed by atoms with Crippen molar-refractivity contribution in [3.8, 4) is 5.75 Å². The predicted octanol–water partition coefficient (Wildman–Crippen LogP) is 4.10. The number of benzene rings is 1. The van der Waals surface area contributed by atoms with Gasteiger partial charge in [-0.2, -0.15) is 4.40 Å². The first-order chi connectivity index (χ1) is 11.1. The molecule has 1 unspecified atom stereocenters. The van der Waals surface area contributed by atoms with Gasteiger partial charge in [0.05, 0.1) is 17.0 Å².